The highest BCUT2D eigenvalue weighted by molar-refractivity contribution is 5.62. The maximum Gasteiger partial charge on any atom is 0.191 e. The van der Waals surface area contributed by atoms with E-state index in [1.807, 2.05) is 37.3 Å². The van der Waals surface area contributed by atoms with Crippen molar-refractivity contribution in [3.05, 3.63) is 64.6 Å². The first-order valence-corrected chi connectivity index (χ1v) is 6.26. The second-order valence-corrected chi connectivity index (χ2v) is 4.60. The second-order valence-electron chi connectivity index (χ2n) is 4.60. The molecule has 2 heterocycles. The van der Waals surface area contributed by atoms with E-state index in [4.69, 9.17) is 5.73 Å². The molecule has 0 aliphatic carbocycles. The third-order valence-corrected chi connectivity index (χ3v) is 3.07. The van der Waals surface area contributed by atoms with Crippen molar-refractivity contribution in [2.24, 2.45) is 0 Å². The molecule has 0 amide bonds. The van der Waals surface area contributed by atoms with Gasteiger partial charge in [0.15, 0.2) is 5.43 Å². The van der Waals surface area contributed by atoms with Crippen LogP contribution in [0.25, 0.3) is 16.9 Å². The van der Waals surface area contributed by atoms with Crippen LogP contribution in [-0.4, -0.2) is 14.8 Å². The first-order valence-electron chi connectivity index (χ1n) is 6.26. The number of aromatic nitrogens is 3. The first-order chi connectivity index (χ1) is 9.65. The Labute approximate surface area is 115 Å². The number of nitrogens with zero attached hydrogens (tertiary/aromatic N) is 2. The fraction of sp³-hybridized carbons (Fsp3) is 0.0667. The number of anilines is 1. The van der Waals surface area contributed by atoms with Gasteiger partial charge in [-0.2, -0.15) is 5.10 Å². The molecule has 1 aromatic carbocycles. The molecule has 20 heavy (non-hydrogen) atoms. The molecule has 0 unspecified atom stereocenters. The minimum atomic E-state index is -0.0704. The number of pyridine rings is 1. The summed E-state index contributed by atoms with van der Waals surface area (Å²) >= 11 is 0. The summed E-state index contributed by atoms with van der Waals surface area (Å²) in [6.07, 6.45) is 1.66. The molecular formula is C15H14N4O. The molecule has 2 aromatic heterocycles. The third kappa shape index (κ3) is 2.09. The molecule has 5 nitrogen and oxygen atoms in total. The van der Waals surface area contributed by atoms with E-state index in [1.165, 1.54) is 0 Å². The Balaban J connectivity index is 2.12. The predicted octanol–water partition coefficient (Wildman–Crippen LogP) is 2.12. The van der Waals surface area contributed by atoms with E-state index in [0.29, 0.717) is 17.1 Å². The number of nitrogen functional groups attached to an aromatic ring is 1. The van der Waals surface area contributed by atoms with E-state index in [1.54, 1.807) is 23.0 Å². The normalized spacial score (nSPS) is 10.7. The number of aryl methyl sites for hydroxylation is 1. The fourth-order valence-electron chi connectivity index (χ4n) is 2.08. The molecular weight excluding hydrogens is 252 g/mol. The van der Waals surface area contributed by atoms with Crippen LogP contribution in [0.1, 0.15) is 5.69 Å². The number of hydrogen-bond acceptors (Lipinski definition) is 3. The number of hydrogen-bond donors (Lipinski definition) is 2. The number of nitrogens with two attached hydrogens (primary N) is 1. The van der Waals surface area contributed by atoms with Crippen molar-refractivity contribution in [3.63, 3.8) is 0 Å². The van der Waals surface area contributed by atoms with E-state index in [-0.39, 0.29) is 5.43 Å². The maximum absolute atomic E-state index is 12.0. The molecule has 0 saturated carbocycles. The van der Waals surface area contributed by atoms with Crippen molar-refractivity contribution in [1.29, 1.82) is 0 Å². The fourth-order valence-corrected chi connectivity index (χ4v) is 2.08. The minimum Gasteiger partial charge on any atom is -0.384 e. The minimum absolute atomic E-state index is 0.0704. The van der Waals surface area contributed by atoms with Gasteiger partial charge in [0, 0.05) is 24.0 Å². The lowest BCUT2D eigenvalue weighted by atomic mass is 10.2. The van der Waals surface area contributed by atoms with Gasteiger partial charge in [0.1, 0.15) is 11.5 Å². The van der Waals surface area contributed by atoms with Gasteiger partial charge in [-0.25, -0.2) is 4.68 Å². The zero-order valence-corrected chi connectivity index (χ0v) is 11.0. The number of nitrogens with one attached hydrogen (secondary N) is 1. The summed E-state index contributed by atoms with van der Waals surface area (Å²) in [5.41, 5.74) is 8.66. The van der Waals surface area contributed by atoms with E-state index < -0.39 is 0 Å². The van der Waals surface area contributed by atoms with E-state index >= 15 is 0 Å². The summed E-state index contributed by atoms with van der Waals surface area (Å²) in [6.45, 7) is 1.84. The summed E-state index contributed by atoms with van der Waals surface area (Å²) in [7, 11) is 0. The van der Waals surface area contributed by atoms with Crippen LogP contribution in [0.2, 0.25) is 0 Å². The Hall–Kier alpha value is -2.82. The van der Waals surface area contributed by atoms with Crippen LogP contribution in [0.3, 0.4) is 0 Å². The van der Waals surface area contributed by atoms with Crippen molar-refractivity contribution < 1.29 is 0 Å². The second kappa shape index (κ2) is 4.70. The van der Waals surface area contributed by atoms with Crippen molar-refractivity contribution in [1.82, 2.24) is 14.8 Å². The summed E-state index contributed by atoms with van der Waals surface area (Å²) in [4.78, 5) is 15.0. The Bertz CT molecular complexity index is 802. The van der Waals surface area contributed by atoms with E-state index in [2.05, 4.69) is 10.1 Å². The number of rotatable bonds is 2. The lowest BCUT2D eigenvalue weighted by molar-refractivity contribution is 0.894. The zero-order valence-electron chi connectivity index (χ0n) is 11.0. The number of H-pyrrole nitrogens is 1. The van der Waals surface area contributed by atoms with E-state index in [0.717, 1.165) is 11.4 Å². The summed E-state index contributed by atoms with van der Waals surface area (Å²) in [5, 5.41) is 4.41. The Morgan fingerprint density at radius 2 is 1.95 bits per heavy atom. The van der Waals surface area contributed by atoms with Crippen molar-refractivity contribution in [2.75, 3.05) is 5.73 Å². The topological polar surface area (TPSA) is 76.7 Å². The Morgan fingerprint density at radius 3 is 2.65 bits per heavy atom. The molecule has 0 fully saturated rings. The molecule has 0 spiro atoms. The van der Waals surface area contributed by atoms with Gasteiger partial charge in [-0.1, -0.05) is 18.2 Å². The van der Waals surface area contributed by atoms with Gasteiger partial charge in [-0.05, 0) is 19.1 Å². The van der Waals surface area contributed by atoms with Gasteiger partial charge in [0.2, 0.25) is 0 Å². The molecule has 100 valence electrons. The van der Waals surface area contributed by atoms with Gasteiger partial charge in [-0.3, -0.25) is 4.79 Å². The molecule has 3 N–H and O–H groups in total. The molecule has 0 bridgehead atoms. The van der Waals surface area contributed by atoms with Crippen LogP contribution in [0.5, 0.6) is 0 Å². The number of para-hydroxylation sites is 1. The molecule has 3 rings (SSSR count). The molecule has 3 aromatic rings. The Morgan fingerprint density at radius 1 is 1.20 bits per heavy atom. The van der Waals surface area contributed by atoms with Crippen LogP contribution in [0, 0.1) is 6.92 Å². The van der Waals surface area contributed by atoms with Gasteiger partial charge >= 0.3 is 0 Å². The largest absolute Gasteiger partial charge is 0.384 e. The van der Waals surface area contributed by atoms with Crippen molar-refractivity contribution in [3.8, 4) is 16.9 Å². The Kier molecular flexibility index (Phi) is 2.87. The molecule has 5 heteroatoms. The molecule has 0 aliphatic rings. The van der Waals surface area contributed by atoms with Crippen LogP contribution in [-0.2, 0) is 0 Å². The quantitative estimate of drug-likeness (QED) is 0.746. The monoisotopic (exact) mass is 266 g/mol. The standard InChI is InChI=1S/C15H14N4O/c1-10-7-14(20)12(9-17-10)13-8-15(16)19(18-13)11-5-3-2-4-6-11/h2-9H,16H2,1H3,(H,17,20). The highest BCUT2D eigenvalue weighted by Gasteiger charge is 2.11. The highest BCUT2D eigenvalue weighted by Crippen LogP contribution is 2.20. The van der Waals surface area contributed by atoms with Crippen LogP contribution in [0.4, 0.5) is 5.82 Å². The van der Waals surface area contributed by atoms with Gasteiger partial charge in [-0.15, -0.1) is 0 Å². The average molecular weight is 266 g/mol. The molecule has 0 atom stereocenters. The van der Waals surface area contributed by atoms with Crippen LogP contribution in [0.15, 0.2) is 53.5 Å². The lowest BCUT2D eigenvalue weighted by Crippen LogP contribution is -2.06. The summed E-state index contributed by atoms with van der Waals surface area (Å²) in [5.74, 6) is 0.492. The van der Waals surface area contributed by atoms with Crippen molar-refractivity contribution in [2.45, 2.75) is 6.92 Å². The summed E-state index contributed by atoms with van der Waals surface area (Å²) < 4.78 is 1.62. The smallest absolute Gasteiger partial charge is 0.191 e. The van der Waals surface area contributed by atoms with Gasteiger partial charge in [0.05, 0.1) is 11.3 Å². The van der Waals surface area contributed by atoms with Crippen LogP contribution >= 0.6 is 0 Å². The highest BCUT2D eigenvalue weighted by atomic mass is 16.1. The zero-order chi connectivity index (χ0) is 14.1. The van der Waals surface area contributed by atoms with E-state index in [9.17, 15) is 4.79 Å². The maximum atomic E-state index is 12.0. The third-order valence-electron chi connectivity index (χ3n) is 3.07. The lowest BCUT2D eigenvalue weighted by Gasteiger charge is -2.02. The SMILES string of the molecule is Cc1cc(=O)c(-c2cc(N)n(-c3ccccc3)n2)c[nH]1. The predicted molar refractivity (Wildman–Crippen MR) is 78.8 cm³/mol. The molecule has 0 radical (unpaired) electrons. The number of benzene rings is 1. The van der Waals surface area contributed by atoms with Gasteiger partial charge in [0.25, 0.3) is 0 Å². The first kappa shape index (κ1) is 12.2. The van der Waals surface area contributed by atoms with Crippen LogP contribution < -0.4 is 11.2 Å². The average Bonchev–Trinajstić information content (AvgIpc) is 2.81. The van der Waals surface area contributed by atoms with Crippen molar-refractivity contribution >= 4 is 5.82 Å². The summed E-state index contributed by atoms with van der Waals surface area (Å²) in [6, 6.07) is 12.8. The van der Waals surface area contributed by atoms with Gasteiger partial charge < -0.3 is 10.7 Å². The molecule has 0 saturated heterocycles. The number of aromatic amines is 1. The molecule has 0 aliphatic heterocycles.